The molecule has 1 aliphatic carbocycles. The van der Waals surface area contributed by atoms with Gasteiger partial charge in [0.15, 0.2) is 0 Å². The molecule has 1 nitrogen and oxygen atoms in total. The van der Waals surface area contributed by atoms with Crippen LogP contribution in [0.25, 0.3) is 0 Å². The van der Waals surface area contributed by atoms with Crippen LogP contribution in [-0.2, 0) is 0 Å². The van der Waals surface area contributed by atoms with Crippen LogP contribution in [0.3, 0.4) is 0 Å². The van der Waals surface area contributed by atoms with E-state index in [9.17, 15) is 0 Å². The lowest BCUT2D eigenvalue weighted by atomic mass is 10.1. The Balaban J connectivity index is 2.13. The third-order valence-corrected chi connectivity index (χ3v) is 3.27. The summed E-state index contributed by atoms with van der Waals surface area (Å²) in [6.45, 7) is 8.52. The summed E-state index contributed by atoms with van der Waals surface area (Å²) >= 11 is 0. The van der Waals surface area contributed by atoms with Crippen molar-refractivity contribution in [1.82, 2.24) is 4.90 Å². The number of rotatable bonds is 6. The molecule has 78 valence electrons. The van der Waals surface area contributed by atoms with Crippen molar-refractivity contribution >= 4 is 0 Å². The molecule has 0 radical (unpaired) electrons. The highest BCUT2D eigenvalue weighted by Gasteiger charge is 2.17. The van der Waals surface area contributed by atoms with Crippen LogP contribution in [0.1, 0.15) is 52.4 Å². The van der Waals surface area contributed by atoms with Gasteiger partial charge in [-0.3, -0.25) is 0 Å². The van der Waals surface area contributed by atoms with Crippen LogP contribution in [0.5, 0.6) is 0 Å². The Morgan fingerprint density at radius 1 is 1.15 bits per heavy atom. The molecule has 1 aliphatic rings. The first-order valence-corrected chi connectivity index (χ1v) is 6.09. The molecule has 0 spiro atoms. The zero-order valence-electron chi connectivity index (χ0n) is 9.39. The molecule has 1 fully saturated rings. The minimum atomic E-state index is 1.02. The summed E-state index contributed by atoms with van der Waals surface area (Å²) in [6.07, 6.45) is 8.65. The fraction of sp³-hybridized carbons (Fsp3) is 1.00. The lowest BCUT2D eigenvalue weighted by Crippen LogP contribution is -2.29. The van der Waals surface area contributed by atoms with Crippen molar-refractivity contribution in [3.8, 4) is 0 Å². The first-order valence-electron chi connectivity index (χ1n) is 6.09. The van der Waals surface area contributed by atoms with Gasteiger partial charge >= 0.3 is 0 Å². The summed E-state index contributed by atoms with van der Waals surface area (Å²) in [5.41, 5.74) is 0. The first-order chi connectivity index (χ1) is 6.36. The fourth-order valence-corrected chi connectivity index (χ4v) is 2.32. The predicted octanol–water partition coefficient (Wildman–Crippen LogP) is 3.30. The first kappa shape index (κ1) is 11.0. The Bertz CT molecular complexity index is 116. The highest BCUT2D eigenvalue weighted by Crippen LogP contribution is 2.25. The van der Waals surface area contributed by atoms with E-state index in [1.807, 2.05) is 0 Å². The molecule has 0 aliphatic heterocycles. The van der Waals surface area contributed by atoms with Crippen molar-refractivity contribution in [2.24, 2.45) is 5.92 Å². The maximum absolute atomic E-state index is 2.64. The normalized spacial score (nSPS) is 18.7. The topological polar surface area (TPSA) is 3.24 Å². The van der Waals surface area contributed by atoms with E-state index in [2.05, 4.69) is 18.7 Å². The maximum atomic E-state index is 2.64. The van der Waals surface area contributed by atoms with E-state index in [1.54, 1.807) is 0 Å². The highest BCUT2D eigenvalue weighted by molar-refractivity contribution is 4.71. The molecule has 0 unspecified atom stereocenters. The quantitative estimate of drug-likeness (QED) is 0.610. The largest absolute Gasteiger partial charge is 0.303 e. The molecule has 0 bridgehead atoms. The van der Waals surface area contributed by atoms with Gasteiger partial charge in [0.05, 0.1) is 0 Å². The third kappa shape index (κ3) is 4.12. The second-order valence-electron chi connectivity index (χ2n) is 4.40. The number of unbranched alkanes of at least 4 members (excludes halogenated alkanes) is 1. The minimum Gasteiger partial charge on any atom is -0.303 e. The lowest BCUT2D eigenvalue weighted by Gasteiger charge is -2.23. The van der Waals surface area contributed by atoms with Crippen LogP contribution in [0.2, 0.25) is 0 Å². The van der Waals surface area contributed by atoms with Crippen molar-refractivity contribution < 1.29 is 0 Å². The van der Waals surface area contributed by atoms with Gasteiger partial charge in [-0.15, -0.1) is 0 Å². The molecule has 0 N–H and O–H groups in total. The zero-order valence-corrected chi connectivity index (χ0v) is 9.39. The molecule has 13 heavy (non-hydrogen) atoms. The average Bonchev–Trinajstić information content (AvgIpc) is 2.64. The lowest BCUT2D eigenvalue weighted by molar-refractivity contribution is 0.239. The van der Waals surface area contributed by atoms with Crippen LogP contribution < -0.4 is 0 Å². The second-order valence-corrected chi connectivity index (χ2v) is 4.40. The molecule has 0 atom stereocenters. The Kier molecular flexibility index (Phi) is 5.45. The summed E-state index contributed by atoms with van der Waals surface area (Å²) in [5, 5.41) is 0. The third-order valence-electron chi connectivity index (χ3n) is 3.27. The van der Waals surface area contributed by atoms with Gasteiger partial charge in [-0.05, 0) is 38.3 Å². The molecule has 0 aromatic carbocycles. The average molecular weight is 183 g/mol. The van der Waals surface area contributed by atoms with Gasteiger partial charge in [-0.1, -0.05) is 33.1 Å². The van der Waals surface area contributed by atoms with E-state index in [4.69, 9.17) is 0 Å². The summed E-state index contributed by atoms with van der Waals surface area (Å²) in [7, 11) is 0. The van der Waals surface area contributed by atoms with Gasteiger partial charge < -0.3 is 4.90 Å². The van der Waals surface area contributed by atoms with Gasteiger partial charge in [-0.25, -0.2) is 0 Å². The molecular weight excluding hydrogens is 158 g/mol. The van der Waals surface area contributed by atoms with E-state index in [0.717, 1.165) is 5.92 Å². The standard InChI is InChI=1S/C12H25N/c1-3-5-10-13(4-2)11-12-8-6-7-9-12/h12H,3-11H2,1-2H3. The van der Waals surface area contributed by atoms with E-state index < -0.39 is 0 Å². The van der Waals surface area contributed by atoms with Crippen LogP contribution in [0.15, 0.2) is 0 Å². The Morgan fingerprint density at radius 2 is 1.85 bits per heavy atom. The number of nitrogens with zero attached hydrogens (tertiary/aromatic N) is 1. The van der Waals surface area contributed by atoms with Crippen molar-refractivity contribution in [3.63, 3.8) is 0 Å². The Labute approximate surface area is 83.5 Å². The summed E-state index contributed by atoms with van der Waals surface area (Å²) in [5.74, 6) is 1.02. The van der Waals surface area contributed by atoms with E-state index >= 15 is 0 Å². The van der Waals surface area contributed by atoms with Gasteiger partial charge in [0.1, 0.15) is 0 Å². The summed E-state index contributed by atoms with van der Waals surface area (Å²) in [4.78, 5) is 2.64. The van der Waals surface area contributed by atoms with E-state index in [0.29, 0.717) is 0 Å². The SMILES string of the molecule is CCCCN(CC)CC1CCCC1. The summed E-state index contributed by atoms with van der Waals surface area (Å²) in [6, 6.07) is 0. The molecule has 0 aromatic rings. The highest BCUT2D eigenvalue weighted by atomic mass is 15.1. The zero-order chi connectivity index (χ0) is 9.52. The molecule has 0 heterocycles. The molecule has 0 amide bonds. The number of hydrogen-bond donors (Lipinski definition) is 0. The predicted molar refractivity (Wildman–Crippen MR) is 59.0 cm³/mol. The molecule has 1 heteroatoms. The van der Waals surface area contributed by atoms with Crippen LogP contribution >= 0.6 is 0 Å². The van der Waals surface area contributed by atoms with Crippen molar-refractivity contribution in [3.05, 3.63) is 0 Å². The second kappa shape index (κ2) is 6.42. The number of hydrogen-bond acceptors (Lipinski definition) is 1. The molecule has 1 saturated carbocycles. The smallest absolute Gasteiger partial charge is 0.000954 e. The monoisotopic (exact) mass is 183 g/mol. The molecular formula is C12H25N. The van der Waals surface area contributed by atoms with Crippen LogP contribution in [0.4, 0.5) is 0 Å². The van der Waals surface area contributed by atoms with Gasteiger partial charge in [0.2, 0.25) is 0 Å². The van der Waals surface area contributed by atoms with Crippen molar-refractivity contribution in [2.45, 2.75) is 52.4 Å². The van der Waals surface area contributed by atoms with E-state index in [1.165, 1.54) is 58.2 Å². The Morgan fingerprint density at radius 3 is 2.38 bits per heavy atom. The maximum Gasteiger partial charge on any atom is 0.000954 e. The van der Waals surface area contributed by atoms with Gasteiger partial charge in [0.25, 0.3) is 0 Å². The molecule has 1 rings (SSSR count). The van der Waals surface area contributed by atoms with Gasteiger partial charge in [-0.2, -0.15) is 0 Å². The van der Waals surface area contributed by atoms with Crippen LogP contribution in [0, 0.1) is 5.92 Å². The summed E-state index contributed by atoms with van der Waals surface area (Å²) < 4.78 is 0. The van der Waals surface area contributed by atoms with Crippen molar-refractivity contribution in [2.75, 3.05) is 19.6 Å². The molecule has 0 saturated heterocycles. The van der Waals surface area contributed by atoms with Gasteiger partial charge in [0, 0.05) is 6.54 Å². The minimum absolute atomic E-state index is 1.02. The fourth-order valence-electron chi connectivity index (χ4n) is 2.32. The molecule has 0 aromatic heterocycles. The van der Waals surface area contributed by atoms with Crippen molar-refractivity contribution in [1.29, 1.82) is 0 Å². The van der Waals surface area contributed by atoms with Crippen LogP contribution in [-0.4, -0.2) is 24.5 Å². The van der Waals surface area contributed by atoms with E-state index in [-0.39, 0.29) is 0 Å². The Hall–Kier alpha value is -0.0400.